The van der Waals surface area contributed by atoms with Crippen molar-refractivity contribution in [3.8, 4) is 0 Å². The molecule has 0 unspecified atom stereocenters. The van der Waals surface area contributed by atoms with Gasteiger partial charge in [0.05, 0.1) is 22.6 Å². The van der Waals surface area contributed by atoms with Crippen molar-refractivity contribution < 1.29 is 0 Å². The molecule has 0 aromatic carbocycles. The second-order valence-electron chi connectivity index (χ2n) is 2.94. The van der Waals surface area contributed by atoms with Crippen LogP contribution in [-0.4, -0.2) is 15.8 Å². The van der Waals surface area contributed by atoms with Crippen LogP contribution in [0.5, 0.6) is 0 Å². The third kappa shape index (κ3) is 2.60. The predicted molar refractivity (Wildman–Crippen MR) is 66.4 cm³/mol. The topological polar surface area (TPSA) is 29.0 Å². The van der Waals surface area contributed by atoms with Crippen molar-refractivity contribution >= 4 is 52.1 Å². The Kier molecular flexibility index (Phi) is 3.45. The maximum absolute atomic E-state index is 5.88. The SMILES string of the molecule is CN(Cc1ccc(Cl)s1)c1nsnc1Cl. The van der Waals surface area contributed by atoms with Crippen LogP contribution in [0, 0.1) is 0 Å². The lowest BCUT2D eigenvalue weighted by atomic mass is 10.4. The summed E-state index contributed by atoms with van der Waals surface area (Å²) in [6, 6.07) is 3.88. The highest BCUT2D eigenvalue weighted by atomic mass is 35.5. The van der Waals surface area contributed by atoms with Crippen molar-refractivity contribution in [2.24, 2.45) is 0 Å². The van der Waals surface area contributed by atoms with Crippen molar-refractivity contribution in [2.75, 3.05) is 11.9 Å². The average molecular weight is 280 g/mol. The fourth-order valence-electron chi connectivity index (χ4n) is 1.15. The van der Waals surface area contributed by atoms with Crippen molar-refractivity contribution in [1.82, 2.24) is 8.75 Å². The van der Waals surface area contributed by atoms with E-state index in [1.54, 1.807) is 11.3 Å². The van der Waals surface area contributed by atoms with Crippen LogP contribution in [-0.2, 0) is 6.54 Å². The summed E-state index contributed by atoms with van der Waals surface area (Å²) in [6.45, 7) is 0.739. The molecule has 7 heteroatoms. The van der Waals surface area contributed by atoms with E-state index in [2.05, 4.69) is 8.75 Å². The molecular formula is C8H7Cl2N3S2. The molecule has 0 radical (unpaired) electrons. The summed E-state index contributed by atoms with van der Waals surface area (Å²) in [5, 5.41) is 0.449. The van der Waals surface area contributed by atoms with E-state index in [1.165, 1.54) is 4.88 Å². The van der Waals surface area contributed by atoms with E-state index >= 15 is 0 Å². The summed E-state index contributed by atoms with van der Waals surface area (Å²) in [6.07, 6.45) is 0. The van der Waals surface area contributed by atoms with Gasteiger partial charge < -0.3 is 4.90 Å². The Labute approximate surface area is 106 Å². The molecular weight excluding hydrogens is 273 g/mol. The van der Waals surface area contributed by atoms with E-state index in [4.69, 9.17) is 23.2 Å². The Bertz CT molecular complexity index is 454. The fourth-order valence-corrected chi connectivity index (χ4v) is 3.11. The quantitative estimate of drug-likeness (QED) is 0.861. The number of halogens is 2. The van der Waals surface area contributed by atoms with Gasteiger partial charge >= 0.3 is 0 Å². The highest BCUT2D eigenvalue weighted by Crippen LogP contribution is 2.26. The van der Waals surface area contributed by atoms with E-state index in [0.717, 1.165) is 22.6 Å². The summed E-state index contributed by atoms with van der Waals surface area (Å²) in [5.41, 5.74) is 0. The molecule has 3 nitrogen and oxygen atoms in total. The van der Waals surface area contributed by atoms with Crippen LogP contribution < -0.4 is 4.90 Å². The first kappa shape index (κ1) is 11.1. The van der Waals surface area contributed by atoms with E-state index < -0.39 is 0 Å². The molecule has 0 aliphatic carbocycles. The highest BCUT2D eigenvalue weighted by molar-refractivity contribution is 7.16. The van der Waals surface area contributed by atoms with Gasteiger partial charge in [0.25, 0.3) is 0 Å². The third-order valence-corrected chi connectivity index (χ3v) is 3.90. The zero-order chi connectivity index (χ0) is 10.8. The summed E-state index contributed by atoms with van der Waals surface area (Å²) < 4.78 is 8.82. The molecule has 15 heavy (non-hydrogen) atoms. The monoisotopic (exact) mass is 279 g/mol. The molecule has 0 saturated carbocycles. The van der Waals surface area contributed by atoms with Gasteiger partial charge in [-0.05, 0) is 12.1 Å². The van der Waals surface area contributed by atoms with Crippen LogP contribution in [0.3, 0.4) is 0 Å². The van der Waals surface area contributed by atoms with E-state index in [0.29, 0.717) is 11.0 Å². The Morgan fingerprint density at radius 3 is 2.67 bits per heavy atom. The third-order valence-electron chi connectivity index (χ3n) is 1.82. The zero-order valence-electron chi connectivity index (χ0n) is 7.78. The van der Waals surface area contributed by atoms with Crippen LogP contribution in [0.25, 0.3) is 0 Å². The van der Waals surface area contributed by atoms with Crippen LogP contribution in [0.2, 0.25) is 9.49 Å². The van der Waals surface area contributed by atoms with Crippen molar-refractivity contribution in [1.29, 1.82) is 0 Å². The van der Waals surface area contributed by atoms with Gasteiger partial charge in [-0.25, -0.2) is 0 Å². The Balaban J connectivity index is 2.10. The Hall–Kier alpha value is -0.360. The second kappa shape index (κ2) is 4.65. The minimum absolute atomic E-state index is 0.449. The number of rotatable bonds is 3. The standard InChI is InChI=1S/C8H7Cl2N3S2/c1-13(8-7(10)11-15-12-8)4-5-2-3-6(9)14-5/h2-3H,4H2,1H3. The first-order valence-electron chi connectivity index (χ1n) is 4.10. The molecule has 0 aliphatic heterocycles. The summed E-state index contributed by atoms with van der Waals surface area (Å²) >= 11 is 14.4. The molecule has 0 N–H and O–H groups in total. The average Bonchev–Trinajstić information content (AvgIpc) is 2.75. The lowest BCUT2D eigenvalue weighted by molar-refractivity contribution is 0.924. The smallest absolute Gasteiger partial charge is 0.187 e. The summed E-state index contributed by atoms with van der Waals surface area (Å²) in [4.78, 5) is 3.13. The van der Waals surface area contributed by atoms with E-state index in [1.807, 2.05) is 24.1 Å². The predicted octanol–water partition coefficient (Wildman–Crippen LogP) is 3.54. The van der Waals surface area contributed by atoms with Crippen molar-refractivity contribution in [3.05, 3.63) is 26.5 Å². The second-order valence-corrected chi connectivity index (χ2v) is 5.63. The van der Waals surface area contributed by atoms with Crippen LogP contribution >= 0.6 is 46.3 Å². The highest BCUT2D eigenvalue weighted by Gasteiger charge is 2.11. The lowest BCUT2D eigenvalue weighted by Gasteiger charge is -2.14. The minimum Gasteiger partial charge on any atom is -0.351 e. The van der Waals surface area contributed by atoms with Gasteiger partial charge in [0, 0.05) is 11.9 Å². The van der Waals surface area contributed by atoms with Gasteiger partial charge in [0.15, 0.2) is 11.0 Å². The largest absolute Gasteiger partial charge is 0.351 e. The molecule has 0 amide bonds. The van der Waals surface area contributed by atoms with E-state index in [9.17, 15) is 0 Å². The maximum Gasteiger partial charge on any atom is 0.187 e. The molecule has 0 atom stereocenters. The molecule has 0 fully saturated rings. The van der Waals surface area contributed by atoms with Crippen molar-refractivity contribution in [3.63, 3.8) is 0 Å². The maximum atomic E-state index is 5.88. The molecule has 2 aromatic heterocycles. The first-order chi connectivity index (χ1) is 7.16. The van der Waals surface area contributed by atoms with Crippen LogP contribution in [0.15, 0.2) is 12.1 Å². The molecule has 2 rings (SSSR count). The zero-order valence-corrected chi connectivity index (χ0v) is 10.9. The summed E-state index contributed by atoms with van der Waals surface area (Å²) in [5.74, 6) is 0.714. The van der Waals surface area contributed by atoms with Crippen LogP contribution in [0.4, 0.5) is 5.82 Å². The number of thiophene rings is 1. The van der Waals surface area contributed by atoms with Gasteiger partial charge in [-0.1, -0.05) is 23.2 Å². The Morgan fingerprint density at radius 2 is 2.13 bits per heavy atom. The number of hydrogen-bond donors (Lipinski definition) is 0. The number of hydrogen-bond acceptors (Lipinski definition) is 5. The lowest BCUT2D eigenvalue weighted by Crippen LogP contribution is -2.16. The first-order valence-corrected chi connectivity index (χ1v) is 6.40. The van der Waals surface area contributed by atoms with E-state index in [-0.39, 0.29) is 0 Å². The van der Waals surface area contributed by atoms with Gasteiger partial charge in [0.2, 0.25) is 0 Å². The minimum atomic E-state index is 0.449. The van der Waals surface area contributed by atoms with Crippen molar-refractivity contribution in [2.45, 2.75) is 6.54 Å². The molecule has 2 aromatic rings. The molecule has 0 spiro atoms. The molecule has 0 saturated heterocycles. The number of nitrogens with zero attached hydrogens (tertiary/aromatic N) is 3. The fraction of sp³-hybridized carbons (Fsp3) is 0.250. The van der Waals surface area contributed by atoms with Gasteiger partial charge in [-0.3, -0.25) is 0 Å². The van der Waals surface area contributed by atoms with Gasteiger partial charge in [-0.2, -0.15) is 8.75 Å². The number of aromatic nitrogens is 2. The molecule has 80 valence electrons. The normalized spacial score (nSPS) is 10.6. The Morgan fingerprint density at radius 1 is 1.33 bits per heavy atom. The molecule has 2 heterocycles. The molecule has 0 bridgehead atoms. The number of anilines is 1. The summed E-state index contributed by atoms with van der Waals surface area (Å²) in [7, 11) is 1.93. The van der Waals surface area contributed by atoms with Crippen LogP contribution in [0.1, 0.15) is 4.88 Å². The van der Waals surface area contributed by atoms with Gasteiger partial charge in [0.1, 0.15) is 0 Å². The molecule has 0 aliphatic rings. The van der Waals surface area contributed by atoms with Gasteiger partial charge in [-0.15, -0.1) is 11.3 Å².